The van der Waals surface area contributed by atoms with Crippen molar-refractivity contribution < 1.29 is 38.7 Å². The maximum absolute atomic E-state index is 14.4. The normalized spacial score (nSPS) is 25.3. The molecule has 62 heavy (non-hydrogen) atoms. The fourth-order valence-electron chi connectivity index (χ4n) is 7.77. The number of benzene rings is 2. The predicted molar refractivity (Wildman–Crippen MR) is 230 cm³/mol. The van der Waals surface area contributed by atoms with Crippen LogP contribution in [0, 0.1) is 5.41 Å². The fraction of sp³-hybridized carbons (Fsp3) is 0.488. The van der Waals surface area contributed by atoms with E-state index in [2.05, 4.69) is 36.9 Å². The number of aromatic amines is 1. The third-order valence-electron chi connectivity index (χ3n) is 11.2. The summed E-state index contributed by atoms with van der Waals surface area (Å²) < 4.78 is 0. The Hall–Kier alpha value is -6.34. The molecule has 0 unspecified atom stereocenters. The minimum atomic E-state index is -1.28. The van der Waals surface area contributed by atoms with E-state index in [0.717, 1.165) is 10.9 Å². The SMILES string of the molecule is CC(=O)[C@@H]1CCCCNC(=O)CC[C@H](N)C(=O)N2C[C@H](O)C[C@H]2C(=O)N[C@H](Cc2ccccc2)C(=O)N[C@@H](CCCNC(=N)N)C(=O)N[C@@H](Cc2c[nH]c3ccccc23)C(=O)N1. The summed E-state index contributed by atoms with van der Waals surface area (Å²) in [6, 6.07) is 9.27. The monoisotopic (exact) mass is 857 g/mol. The van der Waals surface area contributed by atoms with Gasteiger partial charge in [-0.1, -0.05) is 48.5 Å². The Labute approximate surface area is 359 Å². The highest BCUT2D eigenvalue weighted by Crippen LogP contribution is 2.22. The van der Waals surface area contributed by atoms with Crippen LogP contribution in [0.3, 0.4) is 0 Å². The van der Waals surface area contributed by atoms with E-state index in [1.807, 2.05) is 24.3 Å². The van der Waals surface area contributed by atoms with Crippen molar-refractivity contribution in [1.29, 1.82) is 5.41 Å². The smallest absolute Gasteiger partial charge is 0.243 e. The molecule has 2 aliphatic heterocycles. The number of nitrogens with zero attached hydrogens (tertiary/aromatic N) is 1. The molecule has 13 N–H and O–H groups in total. The van der Waals surface area contributed by atoms with Gasteiger partial charge in [-0.05, 0) is 62.6 Å². The van der Waals surface area contributed by atoms with E-state index in [9.17, 15) is 38.7 Å². The van der Waals surface area contributed by atoms with Crippen molar-refractivity contribution in [3.8, 4) is 0 Å². The van der Waals surface area contributed by atoms with Crippen LogP contribution in [0.2, 0.25) is 0 Å². The van der Waals surface area contributed by atoms with Crippen LogP contribution in [0.5, 0.6) is 0 Å². The van der Waals surface area contributed by atoms with Gasteiger partial charge in [0.1, 0.15) is 24.2 Å². The standard InChI is InChI=1S/C43H59N11O8/c1-25(55)31-13-7-8-18-47-37(57)17-16-30(44)42(62)54-24-28(56)22-36(54)41(61)53-34(20-26-10-3-2-4-11-26)39(59)51-33(15-9-19-48-43(45)46)38(58)52-35(40(60)50-31)21-27-23-49-32-14-6-5-12-29(27)32/h2-6,10-12,14,23,28,30-31,33-36,49,56H,7-9,13,15-22,24,44H2,1H3,(H,47,57)(H,50,60)(H,51,59)(H,52,58)(H,53,61)(H4,45,46,48)/t28-,30+,31+,33+,34-,35+,36+/m1/s1. The molecule has 7 atom stereocenters. The second kappa shape index (κ2) is 22.5. The summed E-state index contributed by atoms with van der Waals surface area (Å²) in [5, 5.41) is 35.6. The van der Waals surface area contributed by atoms with Crippen LogP contribution in [-0.2, 0) is 46.4 Å². The zero-order chi connectivity index (χ0) is 44.8. The number of aromatic nitrogens is 1. The van der Waals surface area contributed by atoms with Crippen molar-refractivity contribution in [1.82, 2.24) is 41.8 Å². The minimum absolute atomic E-state index is 0.0175. The molecule has 19 nitrogen and oxygen atoms in total. The molecular formula is C43H59N11O8. The predicted octanol–water partition coefficient (Wildman–Crippen LogP) is -0.886. The summed E-state index contributed by atoms with van der Waals surface area (Å²) in [6.45, 7) is 1.62. The van der Waals surface area contributed by atoms with Gasteiger partial charge in [0, 0.05) is 62.4 Å². The highest BCUT2D eigenvalue weighted by molar-refractivity contribution is 5.97. The molecule has 0 aliphatic carbocycles. The molecule has 0 spiro atoms. The number of aliphatic hydroxyl groups is 1. The number of H-pyrrole nitrogens is 1. The number of guanidine groups is 1. The van der Waals surface area contributed by atoms with Gasteiger partial charge in [0.2, 0.25) is 35.4 Å². The largest absolute Gasteiger partial charge is 0.391 e. The average molecular weight is 858 g/mol. The fourth-order valence-corrected chi connectivity index (χ4v) is 7.77. The van der Waals surface area contributed by atoms with Crippen molar-refractivity contribution in [2.45, 2.75) is 113 Å². The molecule has 1 aromatic heterocycles. The highest BCUT2D eigenvalue weighted by atomic mass is 16.3. The van der Waals surface area contributed by atoms with E-state index in [1.165, 1.54) is 11.8 Å². The molecule has 5 rings (SSSR count). The Morgan fingerprint density at radius 2 is 1.52 bits per heavy atom. The lowest BCUT2D eigenvalue weighted by Gasteiger charge is -2.29. The summed E-state index contributed by atoms with van der Waals surface area (Å²) in [6.07, 6.45) is 1.89. The Kier molecular flexibility index (Phi) is 16.9. The first-order valence-corrected chi connectivity index (χ1v) is 21.1. The second-order valence-corrected chi connectivity index (χ2v) is 16.0. The number of rotatable bonds is 9. The molecule has 19 heteroatoms. The molecule has 334 valence electrons. The zero-order valence-electron chi connectivity index (χ0n) is 34.9. The molecule has 6 amide bonds. The number of ketones is 1. The third kappa shape index (κ3) is 13.3. The molecule has 0 bridgehead atoms. The number of hydrogen-bond donors (Lipinski definition) is 11. The van der Waals surface area contributed by atoms with Gasteiger partial charge in [-0.15, -0.1) is 0 Å². The number of amides is 6. The lowest BCUT2D eigenvalue weighted by Crippen LogP contribution is -2.59. The number of fused-ring (bicyclic) bond motifs is 2. The lowest BCUT2D eigenvalue weighted by molar-refractivity contribution is -0.140. The summed E-state index contributed by atoms with van der Waals surface area (Å²) in [7, 11) is 0. The van der Waals surface area contributed by atoms with Crippen molar-refractivity contribution in [2.24, 2.45) is 11.5 Å². The molecule has 2 fully saturated rings. The van der Waals surface area contributed by atoms with Gasteiger partial charge in [0.15, 0.2) is 11.7 Å². The van der Waals surface area contributed by atoms with Gasteiger partial charge in [-0.25, -0.2) is 0 Å². The summed E-state index contributed by atoms with van der Waals surface area (Å²) in [5.41, 5.74) is 13.9. The molecule has 2 saturated heterocycles. The van der Waals surface area contributed by atoms with Crippen LogP contribution in [0.4, 0.5) is 0 Å². The summed E-state index contributed by atoms with van der Waals surface area (Å²) >= 11 is 0. The highest BCUT2D eigenvalue weighted by Gasteiger charge is 2.42. The van der Waals surface area contributed by atoms with Gasteiger partial charge >= 0.3 is 0 Å². The van der Waals surface area contributed by atoms with E-state index < -0.39 is 71.9 Å². The molecule has 3 heterocycles. The molecule has 2 aliphatic rings. The van der Waals surface area contributed by atoms with Crippen LogP contribution < -0.4 is 43.4 Å². The number of carbonyl (C=O) groups is 7. The molecule has 3 aromatic rings. The quantitative estimate of drug-likeness (QED) is 0.0713. The Morgan fingerprint density at radius 1 is 0.855 bits per heavy atom. The number of nitrogens with two attached hydrogens (primary N) is 2. The first kappa shape index (κ1) is 46.7. The summed E-state index contributed by atoms with van der Waals surface area (Å²) in [5.74, 6) is -4.40. The van der Waals surface area contributed by atoms with Crippen molar-refractivity contribution >= 4 is 58.1 Å². The minimum Gasteiger partial charge on any atom is -0.391 e. The second-order valence-electron chi connectivity index (χ2n) is 16.0. The van der Waals surface area contributed by atoms with E-state index in [-0.39, 0.29) is 88.7 Å². The Balaban J connectivity index is 1.49. The maximum Gasteiger partial charge on any atom is 0.243 e. The van der Waals surface area contributed by atoms with Crippen molar-refractivity contribution in [3.63, 3.8) is 0 Å². The van der Waals surface area contributed by atoms with E-state index >= 15 is 0 Å². The molecular weight excluding hydrogens is 799 g/mol. The lowest BCUT2D eigenvalue weighted by atomic mass is 10.0. The Bertz CT molecular complexity index is 2080. The van der Waals surface area contributed by atoms with Gasteiger partial charge in [0.05, 0.1) is 18.2 Å². The van der Waals surface area contributed by atoms with Gasteiger partial charge in [-0.3, -0.25) is 39.0 Å². The number of para-hydroxylation sites is 1. The van der Waals surface area contributed by atoms with E-state index in [0.29, 0.717) is 24.0 Å². The third-order valence-corrected chi connectivity index (χ3v) is 11.2. The van der Waals surface area contributed by atoms with Crippen LogP contribution >= 0.6 is 0 Å². The van der Waals surface area contributed by atoms with Crippen LogP contribution in [0.15, 0.2) is 60.8 Å². The first-order chi connectivity index (χ1) is 29.7. The van der Waals surface area contributed by atoms with Gasteiger partial charge in [-0.2, -0.15) is 0 Å². The van der Waals surface area contributed by atoms with Crippen LogP contribution in [0.1, 0.15) is 69.4 Å². The molecule has 0 saturated carbocycles. The van der Waals surface area contributed by atoms with E-state index in [1.54, 1.807) is 36.5 Å². The van der Waals surface area contributed by atoms with Crippen molar-refractivity contribution in [2.75, 3.05) is 19.6 Å². The number of carbonyl (C=O) groups excluding carboxylic acids is 7. The van der Waals surface area contributed by atoms with E-state index in [4.69, 9.17) is 16.9 Å². The molecule has 0 radical (unpaired) electrons. The van der Waals surface area contributed by atoms with Crippen molar-refractivity contribution in [3.05, 3.63) is 71.9 Å². The zero-order valence-corrected chi connectivity index (χ0v) is 34.9. The Morgan fingerprint density at radius 3 is 2.26 bits per heavy atom. The average Bonchev–Trinajstić information content (AvgIpc) is 3.85. The van der Waals surface area contributed by atoms with Crippen LogP contribution in [0.25, 0.3) is 10.9 Å². The van der Waals surface area contributed by atoms with Crippen LogP contribution in [-0.4, -0.2) is 124 Å². The topological polar surface area (TPSA) is 307 Å². The summed E-state index contributed by atoms with van der Waals surface area (Å²) in [4.78, 5) is 100. The number of Topliss-reactive ketones (excluding diaryl/α,β-unsaturated/α-hetero) is 1. The molecule has 2 aromatic carbocycles. The number of nitrogens with one attached hydrogen (secondary N) is 8. The number of hydrogen-bond acceptors (Lipinski definition) is 10. The maximum atomic E-state index is 14.4. The van der Waals surface area contributed by atoms with Gasteiger partial charge in [0.25, 0.3) is 0 Å². The number of aliphatic hydroxyl groups excluding tert-OH is 1. The van der Waals surface area contributed by atoms with Gasteiger partial charge < -0.3 is 58.4 Å². The first-order valence-electron chi connectivity index (χ1n) is 21.1.